The van der Waals surface area contributed by atoms with Crippen molar-refractivity contribution in [1.29, 1.82) is 0 Å². The average molecular weight is 824 g/mol. The highest BCUT2D eigenvalue weighted by atomic mass is 32.2. The number of benzene rings is 8. The summed E-state index contributed by atoms with van der Waals surface area (Å²) in [6.07, 6.45) is 4.37. The second-order valence-corrected chi connectivity index (χ2v) is 16.9. The van der Waals surface area contributed by atoms with E-state index in [1.807, 2.05) is 48.2 Å². The van der Waals surface area contributed by atoms with E-state index >= 15 is 0 Å². The lowest BCUT2D eigenvalue weighted by molar-refractivity contribution is 0.742. The Balaban J connectivity index is 1.02. The zero-order valence-electron chi connectivity index (χ0n) is 34.7. The van der Waals surface area contributed by atoms with Crippen molar-refractivity contribution in [3.63, 3.8) is 0 Å². The van der Waals surface area contributed by atoms with Crippen LogP contribution in [0.15, 0.2) is 240 Å². The smallest absolute Gasteiger partial charge is 0.164 e. The van der Waals surface area contributed by atoms with Crippen LogP contribution in [0.3, 0.4) is 0 Å². The largest absolute Gasteiger partial charge is 0.208 e. The Morgan fingerprint density at radius 2 is 0.889 bits per heavy atom. The summed E-state index contributed by atoms with van der Waals surface area (Å²) in [7, 11) is 0. The molecular weight excluding hydrogens is 783 g/mol. The zero-order valence-corrected chi connectivity index (χ0v) is 35.6. The molecule has 4 heteroatoms. The van der Waals surface area contributed by atoms with E-state index in [4.69, 9.17) is 15.0 Å². The molecule has 11 rings (SSSR count). The van der Waals surface area contributed by atoms with Gasteiger partial charge in [0.25, 0.3) is 0 Å². The molecule has 1 aromatic heterocycles. The van der Waals surface area contributed by atoms with Gasteiger partial charge in [-0.3, -0.25) is 0 Å². The Bertz CT molecular complexity index is 3250. The van der Waals surface area contributed by atoms with Crippen molar-refractivity contribution < 1.29 is 0 Å². The van der Waals surface area contributed by atoms with Crippen LogP contribution in [0.4, 0.5) is 0 Å². The molecule has 0 saturated carbocycles. The van der Waals surface area contributed by atoms with Gasteiger partial charge >= 0.3 is 0 Å². The molecular formula is C59H41N3S. The SMILES string of the molecule is C=CC1=C(/C(=C\C)c2cccc(-c3cccc(-c4nc(-c5ccccc5)nc(-c5cccc(-c6ccccc6)c5)n4)c3)c2)Sc2ccccc2C12c1ccccc1-c1ccccc12. The lowest BCUT2D eigenvalue weighted by atomic mass is 9.66. The Morgan fingerprint density at radius 1 is 0.444 bits per heavy atom. The Hall–Kier alpha value is -7.66. The van der Waals surface area contributed by atoms with Gasteiger partial charge in [0.2, 0.25) is 0 Å². The molecule has 0 N–H and O–H groups in total. The molecule has 3 nitrogen and oxygen atoms in total. The molecule has 298 valence electrons. The van der Waals surface area contributed by atoms with Crippen LogP contribution in [-0.2, 0) is 5.41 Å². The second-order valence-electron chi connectivity index (χ2n) is 15.9. The standard InChI is InChI=1S/C59H41N3S/c1-3-47(55-50(4-2)59(53-34-15-16-35-54(53)63-55)51-32-13-11-30-48(51)49-31-12-14-33-52(49)59)44-27-17-25-42(36-44)43-26-19-29-46(38-43)58-61-56(40-22-9-6-10-23-40)60-57(62-58)45-28-18-24-41(37-45)39-20-7-5-8-21-39/h3-38H,2H2,1H3/b47-3-. The van der Waals surface area contributed by atoms with Gasteiger partial charge in [-0.05, 0) is 98.0 Å². The fourth-order valence-electron chi connectivity index (χ4n) is 9.56. The maximum atomic E-state index is 5.14. The number of aromatic nitrogens is 3. The van der Waals surface area contributed by atoms with Gasteiger partial charge in [0.05, 0.1) is 5.41 Å². The van der Waals surface area contributed by atoms with Crippen LogP contribution < -0.4 is 0 Å². The molecule has 0 radical (unpaired) electrons. The predicted molar refractivity (Wildman–Crippen MR) is 262 cm³/mol. The van der Waals surface area contributed by atoms with Gasteiger partial charge in [-0.1, -0.05) is 212 Å². The number of hydrogen-bond donors (Lipinski definition) is 0. The van der Waals surface area contributed by atoms with E-state index in [9.17, 15) is 0 Å². The summed E-state index contributed by atoms with van der Waals surface area (Å²) in [5.74, 6) is 1.88. The van der Waals surface area contributed by atoms with E-state index in [1.165, 1.54) is 48.8 Å². The molecule has 0 atom stereocenters. The van der Waals surface area contributed by atoms with Crippen molar-refractivity contribution in [3.05, 3.63) is 258 Å². The molecule has 63 heavy (non-hydrogen) atoms. The predicted octanol–water partition coefficient (Wildman–Crippen LogP) is 15.2. The second kappa shape index (κ2) is 16.0. The van der Waals surface area contributed by atoms with Crippen molar-refractivity contribution in [2.75, 3.05) is 0 Å². The first-order valence-corrected chi connectivity index (χ1v) is 22.1. The summed E-state index contributed by atoms with van der Waals surface area (Å²) in [6, 6.07) is 73.2. The molecule has 0 bridgehead atoms. The summed E-state index contributed by atoms with van der Waals surface area (Å²) in [4.78, 5) is 17.7. The normalized spacial score (nSPS) is 13.6. The van der Waals surface area contributed by atoms with E-state index in [0.29, 0.717) is 17.5 Å². The highest BCUT2D eigenvalue weighted by Crippen LogP contribution is 2.63. The Kier molecular flexibility index (Phi) is 9.71. The average Bonchev–Trinajstić information content (AvgIpc) is 3.65. The summed E-state index contributed by atoms with van der Waals surface area (Å²) in [5, 5.41) is 0. The van der Waals surface area contributed by atoms with Gasteiger partial charge < -0.3 is 0 Å². The Labute approximate surface area is 373 Å². The molecule has 0 fully saturated rings. The van der Waals surface area contributed by atoms with Crippen LogP contribution in [0.2, 0.25) is 0 Å². The third-order valence-electron chi connectivity index (χ3n) is 12.4. The van der Waals surface area contributed by atoms with E-state index < -0.39 is 5.41 Å². The minimum Gasteiger partial charge on any atom is -0.208 e. The van der Waals surface area contributed by atoms with Crippen LogP contribution in [-0.4, -0.2) is 15.0 Å². The number of rotatable bonds is 8. The minimum atomic E-state index is -0.503. The van der Waals surface area contributed by atoms with Crippen molar-refractivity contribution >= 4 is 17.3 Å². The molecule has 1 spiro atoms. The molecule has 0 saturated heterocycles. The molecule has 2 heterocycles. The monoisotopic (exact) mass is 823 g/mol. The van der Waals surface area contributed by atoms with Crippen LogP contribution in [0, 0.1) is 0 Å². The fraction of sp³-hybridized carbons (Fsp3) is 0.0339. The third kappa shape index (κ3) is 6.50. The minimum absolute atomic E-state index is 0.503. The number of allylic oxidation sites excluding steroid dienone is 4. The molecule has 0 unspecified atom stereocenters. The Morgan fingerprint density at radius 3 is 1.48 bits per heavy atom. The summed E-state index contributed by atoms with van der Waals surface area (Å²) < 4.78 is 0. The maximum Gasteiger partial charge on any atom is 0.164 e. The van der Waals surface area contributed by atoms with E-state index in [-0.39, 0.29) is 0 Å². The highest BCUT2D eigenvalue weighted by Gasteiger charge is 2.50. The topological polar surface area (TPSA) is 38.7 Å². The van der Waals surface area contributed by atoms with Crippen molar-refractivity contribution in [2.24, 2.45) is 0 Å². The molecule has 2 aliphatic rings. The lowest BCUT2D eigenvalue weighted by Gasteiger charge is -2.41. The number of nitrogens with zero attached hydrogens (tertiary/aromatic N) is 3. The van der Waals surface area contributed by atoms with E-state index in [1.54, 1.807) is 0 Å². The first-order valence-electron chi connectivity index (χ1n) is 21.3. The van der Waals surface area contributed by atoms with Gasteiger partial charge in [-0.2, -0.15) is 0 Å². The number of hydrogen-bond acceptors (Lipinski definition) is 4. The van der Waals surface area contributed by atoms with Crippen LogP contribution in [0.5, 0.6) is 0 Å². The maximum absolute atomic E-state index is 5.14. The van der Waals surface area contributed by atoms with Gasteiger partial charge in [0.15, 0.2) is 17.5 Å². The molecule has 1 aliphatic heterocycles. The van der Waals surface area contributed by atoms with Crippen molar-refractivity contribution in [1.82, 2.24) is 15.0 Å². The zero-order chi connectivity index (χ0) is 42.3. The van der Waals surface area contributed by atoms with E-state index in [2.05, 4.69) is 196 Å². The molecule has 0 amide bonds. The van der Waals surface area contributed by atoms with Gasteiger partial charge in [0, 0.05) is 26.5 Å². The summed E-state index contributed by atoms with van der Waals surface area (Å²) in [6.45, 7) is 6.69. The quantitative estimate of drug-likeness (QED) is 0.153. The van der Waals surface area contributed by atoms with Crippen molar-refractivity contribution in [3.8, 4) is 67.5 Å². The fourth-order valence-corrected chi connectivity index (χ4v) is 10.9. The highest BCUT2D eigenvalue weighted by molar-refractivity contribution is 8.03. The first-order chi connectivity index (χ1) is 31.1. The van der Waals surface area contributed by atoms with Crippen molar-refractivity contribution in [2.45, 2.75) is 17.2 Å². The lowest BCUT2D eigenvalue weighted by Crippen LogP contribution is -2.32. The first kappa shape index (κ1) is 38.3. The number of fused-ring (bicyclic) bond motifs is 7. The molecule has 8 aromatic carbocycles. The van der Waals surface area contributed by atoms with Gasteiger partial charge in [0.1, 0.15) is 0 Å². The van der Waals surface area contributed by atoms with E-state index in [0.717, 1.165) is 44.5 Å². The van der Waals surface area contributed by atoms with Crippen LogP contribution in [0.1, 0.15) is 29.2 Å². The molecule has 9 aromatic rings. The summed E-state index contributed by atoms with van der Waals surface area (Å²) >= 11 is 1.84. The van der Waals surface area contributed by atoms with Gasteiger partial charge in [-0.25, -0.2) is 15.0 Å². The van der Waals surface area contributed by atoms with Gasteiger partial charge in [-0.15, -0.1) is 0 Å². The third-order valence-corrected chi connectivity index (χ3v) is 13.6. The van der Waals surface area contributed by atoms with Crippen LogP contribution in [0.25, 0.3) is 73.1 Å². The number of thioether (sulfide) groups is 1. The van der Waals surface area contributed by atoms with Crippen LogP contribution >= 0.6 is 11.8 Å². The molecule has 1 aliphatic carbocycles. The summed E-state index contributed by atoms with van der Waals surface area (Å²) in [5.41, 5.74) is 16.7.